The summed E-state index contributed by atoms with van der Waals surface area (Å²) >= 11 is 3.53. The molecule has 4 unspecified atom stereocenters. The topological polar surface area (TPSA) is 59.5 Å². The van der Waals surface area contributed by atoms with Gasteiger partial charge < -0.3 is 4.74 Å². The Hall–Kier alpha value is -2.47. The van der Waals surface area contributed by atoms with Gasteiger partial charge in [0.15, 0.2) is 11.5 Å². The number of halogens is 1. The highest BCUT2D eigenvalue weighted by molar-refractivity contribution is 9.10. The van der Waals surface area contributed by atoms with Crippen LogP contribution in [-0.2, 0) is 14.3 Å². The molecule has 0 spiro atoms. The number of carbonyl (C=O) groups excluding carboxylic acids is 2. The molecule has 1 saturated carbocycles. The zero-order valence-electron chi connectivity index (χ0n) is 17.0. The van der Waals surface area contributed by atoms with Gasteiger partial charge in [-0.15, -0.1) is 0 Å². The largest absolute Gasteiger partial charge is 0.483 e. The first kappa shape index (κ1) is 19.5. The number of amides is 1. The molecule has 0 radical (unpaired) electrons. The molecule has 1 fully saturated rings. The Bertz CT molecular complexity index is 1080. The van der Waals surface area contributed by atoms with Crippen molar-refractivity contribution in [2.45, 2.75) is 45.3 Å². The van der Waals surface area contributed by atoms with Gasteiger partial charge >= 0.3 is 0 Å². The number of anilines is 1. The second-order valence-corrected chi connectivity index (χ2v) is 9.47. The van der Waals surface area contributed by atoms with E-state index in [1.165, 1.54) is 0 Å². The average Bonchev–Trinajstić information content (AvgIpc) is 3.01. The summed E-state index contributed by atoms with van der Waals surface area (Å²) < 4.78 is 7.13. The van der Waals surface area contributed by atoms with E-state index in [2.05, 4.69) is 27.8 Å². The summed E-state index contributed by atoms with van der Waals surface area (Å²) in [5.74, 6) is 0.827. The predicted molar refractivity (Wildman–Crippen MR) is 117 cm³/mol. The molecule has 0 bridgehead atoms. The van der Waals surface area contributed by atoms with Crippen molar-refractivity contribution < 1.29 is 14.3 Å². The molecule has 0 saturated heterocycles. The molecule has 5 nitrogen and oxygen atoms in total. The normalized spacial score (nSPS) is 28.3. The Morgan fingerprint density at radius 3 is 2.70 bits per heavy atom. The minimum Gasteiger partial charge on any atom is -0.483 e. The van der Waals surface area contributed by atoms with Crippen molar-refractivity contribution in [2.24, 2.45) is 11.8 Å². The third-order valence-electron chi connectivity index (χ3n) is 6.39. The summed E-state index contributed by atoms with van der Waals surface area (Å²) in [4.78, 5) is 33.5. The Labute approximate surface area is 184 Å². The van der Waals surface area contributed by atoms with Crippen molar-refractivity contribution in [3.8, 4) is 0 Å². The predicted octanol–water partition coefficient (Wildman–Crippen LogP) is 4.90. The van der Waals surface area contributed by atoms with E-state index in [1.807, 2.05) is 49.4 Å². The lowest BCUT2D eigenvalue weighted by Crippen LogP contribution is -2.41. The number of Topliss-reactive ketones (excluding diaryl/α,β-unsaturated/α-hetero) is 1. The van der Waals surface area contributed by atoms with Crippen LogP contribution in [0.5, 0.6) is 0 Å². The van der Waals surface area contributed by atoms with Crippen LogP contribution in [0.25, 0.3) is 0 Å². The van der Waals surface area contributed by atoms with E-state index in [-0.39, 0.29) is 29.5 Å². The van der Waals surface area contributed by atoms with E-state index in [0.717, 1.165) is 35.0 Å². The van der Waals surface area contributed by atoms with Crippen molar-refractivity contribution in [1.82, 2.24) is 4.98 Å². The number of benzene rings is 1. The van der Waals surface area contributed by atoms with Gasteiger partial charge in [-0.2, -0.15) is 0 Å². The standard InChI is InChI=1S/C24H23BrN2O3/c1-13-9-10-18-17(11-13)22(28)20-21(15-6-4-7-16(25)12-15)27(24(29)23(20)30-18)19-8-3-5-14(2)26-19/h3-8,12-13,17-18,21H,9-11H2,1-2H3. The number of pyridine rings is 1. The Morgan fingerprint density at radius 1 is 1.13 bits per heavy atom. The molecule has 4 atom stereocenters. The molecule has 6 heteroatoms. The van der Waals surface area contributed by atoms with E-state index in [1.54, 1.807) is 4.90 Å². The minimum atomic E-state index is -0.537. The number of ketones is 1. The molecule has 1 aromatic carbocycles. The summed E-state index contributed by atoms with van der Waals surface area (Å²) in [6.07, 6.45) is 2.43. The first-order valence-corrected chi connectivity index (χ1v) is 11.2. The first-order chi connectivity index (χ1) is 14.4. The summed E-state index contributed by atoms with van der Waals surface area (Å²) in [6, 6.07) is 12.8. The Kier molecular flexibility index (Phi) is 4.77. The van der Waals surface area contributed by atoms with Crippen molar-refractivity contribution >= 4 is 33.4 Å². The van der Waals surface area contributed by atoms with Gasteiger partial charge in [-0.1, -0.05) is 41.1 Å². The number of carbonyl (C=O) groups is 2. The van der Waals surface area contributed by atoms with Crippen LogP contribution < -0.4 is 4.90 Å². The van der Waals surface area contributed by atoms with Crippen LogP contribution in [0.15, 0.2) is 58.3 Å². The maximum Gasteiger partial charge on any atom is 0.295 e. The fourth-order valence-electron chi connectivity index (χ4n) is 4.97. The minimum absolute atomic E-state index is 0.0567. The number of aromatic nitrogens is 1. The summed E-state index contributed by atoms with van der Waals surface area (Å²) in [7, 11) is 0. The Morgan fingerprint density at radius 2 is 1.93 bits per heavy atom. The molecule has 2 aliphatic heterocycles. The number of nitrogens with zero attached hydrogens (tertiary/aromatic N) is 2. The van der Waals surface area contributed by atoms with E-state index in [9.17, 15) is 9.59 Å². The fraction of sp³-hybridized carbons (Fsp3) is 0.375. The van der Waals surface area contributed by atoms with E-state index >= 15 is 0 Å². The molecule has 1 aliphatic carbocycles. The molecule has 30 heavy (non-hydrogen) atoms. The average molecular weight is 467 g/mol. The van der Waals surface area contributed by atoms with Crippen LogP contribution in [0.1, 0.15) is 43.5 Å². The molecule has 0 N–H and O–H groups in total. The van der Waals surface area contributed by atoms with Crippen LogP contribution in [0.4, 0.5) is 5.82 Å². The van der Waals surface area contributed by atoms with Crippen molar-refractivity contribution in [3.05, 3.63) is 69.5 Å². The third-order valence-corrected chi connectivity index (χ3v) is 6.89. The second kappa shape index (κ2) is 7.34. The number of rotatable bonds is 2. The number of fused-ring (bicyclic) bond motifs is 1. The lowest BCUT2D eigenvalue weighted by atomic mass is 9.74. The highest BCUT2D eigenvalue weighted by atomic mass is 79.9. The highest BCUT2D eigenvalue weighted by Crippen LogP contribution is 2.48. The third kappa shape index (κ3) is 3.09. The van der Waals surface area contributed by atoms with Gasteiger partial charge in [-0.25, -0.2) is 4.98 Å². The zero-order chi connectivity index (χ0) is 21.0. The smallest absolute Gasteiger partial charge is 0.295 e. The SMILES string of the molecule is Cc1cccc(N2C(=O)C3=C(C(=O)C4CC(C)CCC4O3)C2c2cccc(Br)c2)n1. The van der Waals surface area contributed by atoms with Gasteiger partial charge in [-0.3, -0.25) is 14.5 Å². The van der Waals surface area contributed by atoms with Crippen LogP contribution >= 0.6 is 15.9 Å². The molecule has 2 aromatic rings. The molecule has 3 heterocycles. The maximum atomic E-state index is 13.7. The molecule has 1 aromatic heterocycles. The monoisotopic (exact) mass is 466 g/mol. The lowest BCUT2D eigenvalue weighted by molar-refractivity contribution is -0.132. The summed E-state index contributed by atoms with van der Waals surface area (Å²) in [6.45, 7) is 4.07. The molecule has 154 valence electrons. The van der Waals surface area contributed by atoms with Crippen LogP contribution in [-0.4, -0.2) is 22.8 Å². The van der Waals surface area contributed by atoms with Gasteiger partial charge in [0.1, 0.15) is 11.9 Å². The van der Waals surface area contributed by atoms with Gasteiger partial charge in [0, 0.05) is 10.2 Å². The lowest BCUT2D eigenvalue weighted by Gasteiger charge is -2.37. The summed E-state index contributed by atoms with van der Waals surface area (Å²) in [5, 5.41) is 0. The number of aryl methyl sites for hydroxylation is 1. The maximum absolute atomic E-state index is 13.7. The molecular weight excluding hydrogens is 444 g/mol. The number of hydrogen-bond donors (Lipinski definition) is 0. The van der Waals surface area contributed by atoms with E-state index in [0.29, 0.717) is 17.3 Å². The van der Waals surface area contributed by atoms with Gasteiger partial charge in [0.25, 0.3) is 5.91 Å². The van der Waals surface area contributed by atoms with Crippen molar-refractivity contribution in [3.63, 3.8) is 0 Å². The van der Waals surface area contributed by atoms with Crippen LogP contribution in [0, 0.1) is 18.8 Å². The van der Waals surface area contributed by atoms with Crippen molar-refractivity contribution in [2.75, 3.05) is 4.90 Å². The van der Waals surface area contributed by atoms with Gasteiger partial charge in [0.2, 0.25) is 0 Å². The fourth-order valence-corrected chi connectivity index (χ4v) is 5.39. The molecule has 5 rings (SSSR count). The number of hydrogen-bond acceptors (Lipinski definition) is 4. The van der Waals surface area contributed by atoms with Crippen LogP contribution in [0.2, 0.25) is 0 Å². The van der Waals surface area contributed by atoms with Crippen molar-refractivity contribution in [1.29, 1.82) is 0 Å². The first-order valence-electron chi connectivity index (χ1n) is 10.4. The highest BCUT2D eigenvalue weighted by Gasteiger charge is 2.53. The molecular formula is C24H23BrN2O3. The molecule has 3 aliphatic rings. The van der Waals surface area contributed by atoms with Crippen LogP contribution in [0.3, 0.4) is 0 Å². The second-order valence-electron chi connectivity index (χ2n) is 8.56. The quantitative estimate of drug-likeness (QED) is 0.631. The Balaban J connectivity index is 1.66. The zero-order valence-corrected chi connectivity index (χ0v) is 18.6. The summed E-state index contributed by atoms with van der Waals surface area (Å²) in [5.41, 5.74) is 2.16. The number of ether oxygens (including phenoxy) is 1. The molecule has 1 amide bonds. The van der Waals surface area contributed by atoms with Gasteiger partial charge in [-0.05, 0) is 61.9 Å². The van der Waals surface area contributed by atoms with E-state index in [4.69, 9.17) is 4.74 Å². The van der Waals surface area contributed by atoms with E-state index < -0.39 is 6.04 Å². The van der Waals surface area contributed by atoms with Gasteiger partial charge in [0.05, 0.1) is 17.5 Å².